The number of ether oxygens (including phenoxy) is 1. The molecule has 2 aromatic rings. The summed E-state index contributed by atoms with van der Waals surface area (Å²) in [5, 5.41) is 17.5. The molecule has 0 spiro atoms. The van der Waals surface area contributed by atoms with Crippen molar-refractivity contribution in [2.75, 3.05) is 6.61 Å². The van der Waals surface area contributed by atoms with Gasteiger partial charge in [-0.25, -0.2) is 0 Å². The Bertz CT molecular complexity index is 807. The lowest BCUT2D eigenvalue weighted by Crippen LogP contribution is -2.44. The van der Waals surface area contributed by atoms with Gasteiger partial charge in [-0.3, -0.25) is 14.9 Å². The van der Waals surface area contributed by atoms with Crippen LogP contribution in [0.4, 0.5) is 5.69 Å². The number of rotatable bonds is 6. The fourth-order valence-corrected chi connectivity index (χ4v) is 2.06. The molecule has 2 rings (SSSR count). The highest BCUT2D eigenvalue weighted by atomic mass is 16.6. The lowest BCUT2D eigenvalue weighted by atomic mass is 9.97. The largest absolute Gasteiger partial charge is 0.484 e. The van der Waals surface area contributed by atoms with E-state index in [2.05, 4.69) is 15.5 Å². The molecule has 26 heavy (non-hydrogen) atoms. The maximum Gasteiger partial charge on any atom is 0.273 e. The van der Waals surface area contributed by atoms with E-state index >= 15 is 0 Å². The van der Waals surface area contributed by atoms with E-state index in [4.69, 9.17) is 9.26 Å². The average molecular weight is 362 g/mol. The van der Waals surface area contributed by atoms with Crippen LogP contribution in [0.15, 0.2) is 28.8 Å². The molecular formula is C17H22N4O5. The zero-order valence-electron chi connectivity index (χ0n) is 15.4. The molecule has 0 unspecified atom stereocenters. The van der Waals surface area contributed by atoms with Crippen LogP contribution >= 0.6 is 0 Å². The minimum atomic E-state index is -0.865. The van der Waals surface area contributed by atoms with Gasteiger partial charge in [0.2, 0.25) is 5.89 Å². The third-order valence-corrected chi connectivity index (χ3v) is 3.48. The molecular weight excluding hydrogens is 340 g/mol. The first-order valence-electron chi connectivity index (χ1n) is 8.02. The molecule has 0 saturated heterocycles. The summed E-state index contributed by atoms with van der Waals surface area (Å²) in [5.74, 6) is 0.652. The fraction of sp³-hybridized carbons (Fsp3) is 0.471. The summed E-state index contributed by atoms with van der Waals surface area (Å²) in [6, 6.07) is 5.63. The number of aromatic nitrogens is 2. The molecule has 140 valence electrons. The van der Waals surface area contributed by atoms with Crippen LogP contribution in [-0.4, -0.2) is 27.6 Å². The van der Waals surface area contributed by atoms with Crippen LogP contribution in [0.25, 0.3) is 0 Å². The first-order chi connectivity index (χ1) is 12.0. The van der Waals surface area contributed by atoms with Gasteiger partial charge in [0.1, 0.15) is 5.75 Å². The fourth-order valence-electron chi connectivity index (χ4n) is 2.06. The summed E-state index contributed by atoms with van der Waals surface area (Å²) in [5.41, 5.74) is -1.27. The van der Waals surface area contributed by atoms with Gasteiger partial charge in [-0.1, -0.05) is 32.0 Å². The minimum Gasteiger partial charge on any atom is -0.484 e. The molecule has 0 radical (unpaired) electrons. The Labute approximate surface area is 150 Å². The van der Waals surface area contributed by atoms with Crippen molar-refractivity contribution in [1.82, 2.24) is 15.5 Å². The Morgan fingerprint density at radius 2 is 2.00 bits per heavy atom. The number of carbonyl (C=O) groups is 1. The number of hydrogen-bond acceptors (Lipinski definition) is 7. The first kappa shape index (κ1) is 19.4. The summed E-state index contributed by atoms with van der Waals surface area (Å²) in [6.07, 6.45) is 0. The quantitative estimate of drug-likeness (QED) is 0.619. The molecule has 1 aromatic carbocycles. The first-order valence-corrected chi connectivity index (χ1v) is 8.02. The van der Waals surface area contributed by atoms with Crippen molar-refractivity contribution in [2.45, 2.75) is 45.6 Å². The molecule has 0 atom stereocenters. The molecule has 1 heterocycles. The lowest BCUT2D eigenvalue weighted by molar-refractivity contribution is -0.384. The molecule has 9 heteroatoms. The Balaban J connectivity index is 1.99. The normalized spacial score (nSPS) is 11.9. The van der Waals surface area contributed by atoms with E-state index in [0.717, 1.165) is 0 Å². The highest BCUT2D eigenvalue weighted by Gasteiger charge is 2.31. The van der Waals surface area contributed by atoms with Gasteiger partial charge in [0.15, 0.2) is 12.4 Å². The number of nitro groups is 1. The summed E-state index contributed by atoms with van der Waals surface area (Å²) in [6.45, 7) is 9.04. The molecule has 9 nitrogen and oxygen atoms in total. The van der Waals surface area contributed by atoms with Crippen molar-refractivity contribution in [3.63, 3.8) is 0 Å². The van der Waals surface area contributed by atoms with Crippen LogP contribution in [0.3, 0.4) is 0 Å². The van der Waals surface area contributed by atoms with E-state index in [0.29, 0.717) is 11.7 Å². The van der Waals surface area contributed by atoms with Crippen molar-refractivity contribution in [1.29, 1.82) is 0 Å². The second kappa shape index (κ2) is 7.11. The Morgan fingerprint density at radius 1 is 1.31 bits per heavy atom. The maximum absolute atomic E-state index is 12.2. The van der Waals surface area contributed by atoms with Gasteiger partial charge in [0, 0.05) is 11.5 Å². The van der Waals surface area contributed by atoms with Gasteiger partial charge < -0.3 is 14.6 Å². The summed E-state index contributed by atoms with van der Waals surface area (Å²) < 4.78 is 10.6. The molecule has 0 bridgehead atoms. The molecule has 1 aromatic heterocycles. The van der Waals surface area contributed by atoms with Crippen molar-refractivity contribution in [3.8, 4) is 5.75 Å². The second-order valence-corrected chi connectivity index (χ2v) is 7.39. The molecule has 0 aliphatic carbocycles. The average Bonchev–Trinajstić information content (AvgIpc) is 3.04. The smallest absolute Gasteiger partial charge is 0.273 e. The molecule has 1 N–H and O–H groups in total. The highest BCUT2D eigenvalue weighted by Crippen LogP contribution is 2.24. The molecule has 0 aliphatic rings. The van der Waals surface area contributed by atoms with Gasteiger partial charge in [0.05, 0.1) is 16.5 Å². The zero-order valence-corrected chi connectivity index (χ0v) is 15.4. The van der Waals surface area contributed by atoms with Crippen molar-refractivity contribution >= 4 is 11.6 Å². The van der Waals surface area contributed by atoms with E-state index in [1.54, 1.807) is 19.9 Å². The number of carbonyl (C=O) groups excluding carboxylic acids is 1. The van der Waals surface area contributed by atoms with E-state index in [9.17, 15) is 14.9 Å². The molecule has 0 fully saturated rings. The number of hydrogen-bond donors (Lipinski definition) is 1. The van der Waals surface area contributed by atoms with Gasteiger partial charge in [-0.2, -0.15) is 4.98 Å². The van der Waals surface area contributed by atoms with Crippen LogP contribution in [0.2, 0.25) is 0 Å². The third kappa shape index (κ3) is 4.78. The molecule has 0 saturated carbocycles. The Morgan fingerprint density at radius 3 is 2.58 bits per heavy atom. The van der Waals surface area contributed by atoms with Crippen LogP contribution in [-0.2, 0) is 15.7 Å². The molecule has 1 amide bonds. The second-order valence-electron chi connectivity index (χ2n) is 7.39. The monoisotopic (exact) mass is 362 g/mol. The lowest BCUT2D eigenvalue weighted by Gasteiger charge is -2.22. The van der Waals surface area contributed by atoms with Crippen LogP contribution in [0, 0.1) is 10.1 Å². The SMILES string of the molecule is CC(C)(C)c1nc(C(C)(C)NC(=O)COc2cccc([N+](=O)[O-])c2)no1. The molecule has 0 aliphatic heterocycles. The Hall–Kier alpha value is -2.97. The number of nitro benzene ring substituents is 1. The predicted molar refractivity (Wildman–Crippen MR) is 92.8 cm³/mol. The highest BCUT2D eigenvalue weighted by molar-refractivity contribution is 5.78. The van der Waals surface area contributed by atoms with Crippen molar-refractivity contribution in [3.05, 3.63) is 46.1 Å². The van der Waals surface area contributed by atoms with Crippen LogP contribution < -0.4 is 10.1 Å². The van der Waals surface area contributed by atoms with Gasteiger partial charge in [0.25, 0.3) is 11.6 Å². The number of benzene rings is 1. The van der Waals surface area contributed by atoms with Crippen LogP contribution in [0.1, 0.15) is 46.3 Å². The summed E-state index contributed by atoms with van der Waals surface area (Å²) in [4.78, 5) is 26.7. The Kier molecular flexibility index (Phi) is 5.29. The number of nitrogens with one attached hydrogen (secondary N) is 1. The van der Waals surface area contributed by atoms with Crippen molar-refractivity contribution in [2.24, 2.45) is 0 Å². The minimum absolute atomic E-state index is 0.107. The summed E-state index contributed by atoms with van der Waals surface area (Å²) in [7, 11) is 0. The van der Waals surface area contributed by atoms with Crippen molar-refractivity contribution < 1.29 is 19.0 Å². The summed E-state index contributed by atoms with van der Waals surface area (Å²) >= 11 is 0. The number of amides is 1. The van der Waals surface area contributed by atoms with E-state index in [-0.39, 0.29) is 23.5 Å². The van der Waals surface area contributed by atoms with Gasteiger partial charge in [-0.05, 0) is 19.9 Å². The maximum atomic E-state index is 12.2. The topological polar surface area (TPSA) is 120 Å². The van der Waals surface area contributed by atoms with E-state index in [1.165, 1.54) is 18.2 Å². The van der Waals surface area contributed by atoms with Crippen LogP contribution in [0.5, 0.6) is 5.75 Å². The van der Waals surface area contributed by atoms with Gasteiger partial charge in [-0.15, -0.1) is 0 Å². The van der Waals surface area contributed by atoms with E-state index in [1.807, 2.05) is 20.8 Å². The van der Waals surface area contributed by atoms with E-state index < -0.39 is 16.4 Å². The van der Waals surface area contributed by atoms with Gasteiger partial charge >= 0.3 is 0 Å². The zero-order chi connectivity index (χ0) is 19.5. The predicted octanol–water partition coefficient (Wildman–Crippen LogP) is 2.71. The number of non-ortho nitro benzene ring substituents is 1. The third-order valence-electron chi connectivity index (χ3n) is 3.48. The standard InChI is InChI=1S/C17H22N4O5/c1-16(2,3)15-18-14(20-26-15)17(4,5)19-13(22)10-25-12-8-6-7-11(9-12)21(23)24/h6-9H,10H2,1-5H3,(H,19,22). The number of nitrogens with zero attached hydrogens (tertiary/aromatic N) is 3.